The number of rotatable bonds is 7. The standard InChI is InChI=1S/C17H21N3O/c21-16(9-6-14-4-2-1-3-5-14)18-10-12-20-13-11-19-17(20)15-7-8-15/h1-5,11,13,15H,6-10,12H2,(H,18,21). The number of benzene rings is 1. The van der Waals surface area contributed by atoms with Gasteiger partial charge in [-0.05, 0) is 24.8 Å². The number of nitrogens with zero attached hydrogens (tertiary/aromatic N) is 2. The molecule has 0 unspecified atom stereocenters. The van der Waals surface area contributed by atoms with Crippen LogP contribution in [0.4, 0.5) is 0 Å². The van der Waals surface area contributed by atoms with E-state index in [9.17, 15) is 4.79 Å². The van der Waals surface area contributed by atoms with Crippen molar-refractivity contribution >= 4 is 5.91 Å². The third-order valence-electron chi connectivity index (χ3n) is 3.85. The molecule has 1 aromatic heterocycles. The van der Waals surface area contributed by atoms with Crippen molar-refractivity contribution in [3.63, 3.8) is 0 Å². The summed E-state index contributed by atoms with van der Waals surface area (Å²) in [5.41, 5.74) is 1.21. The van der Waals surface area contributed by atoms with E-state index >= 15 is 0 Å². The van der Waals surface area contributed by atoms with Crippen LogP contribution in [0.25, 0.3) is 0 Å². The molecule has 0 radical (unpaired) electrons. The third kappa shape index (κ3) is 3.94. The molecule has 1 aliphatic rings. The van der Waals surface area contributed by atoms with Gasteiger partial charge in [0.1, 0.15) is 5.82 Å². The van der Waals surface area contributed by atoms with Crippen molar-refractivity contribution in [2.75, 3.05) is 6.54 Å². The monoisotopic (exact) mass is 283 g/mol. The van der Waals surface area contributed by atoms with Gasteiger partial charge < -0.3 is 9.88 Å². The SMILES string of the molecule is O=C(CCc1ccccc1)NCCn1ccnc1C1CC1. The van der Waals surface area contributed by atoms with Crippen LogP contribution in [0.3, 0.4) is 0 Å². The van der Waals surface area contributed by atoms with Gasteiger partial charge in [0, 0.05) is 37.8 Å². The van der Waals surface area contributed by atoms with Crippen LogP contribution in [0.1, 0.15) is 36.6 Å². The topological polar surface area (TPSA) is 46.9 Å². The highest BCUT2D eigenvalue weighted by Gasteiger charge is 2.27. The lowest BCUT2D eigenvalue weighted by Crippen LogP contribution is -2.27. The van der Waals surface area contributed by atoms with Crippen LogP contribution in [0.2, 0.25) is 0 Å². The molecule has 21 heavy (non-hydrogen) atoms. The zero-order valence-corrected chi connectivity index (χ0v) is 12.2. The second-order valence-electron chi connectivity index (χ2n) is 5.59. The van der Waals surface area contributed by atoms with Crippen LogP contribution in [0.5, 0.6) is 0 Å². The zero-order valence-electron chi connectivity index (χ0n) is 12.2. The van der Waals surface area contributed by atoms with Crippen molar-refractivity contribution in [1.82, 2.24) is 14.9 Å². The Labute approximate surface area is 125 Å². The molecule has 1 aliphatic carbocycles. The van der Waals surface area contributed by atoms with E-state index in [0.717, 1.165) is 13.0 Å². The first-order chi connectivity index (χ1) is 10.3. The minimum absolute atomic E-state index is 0.118. The predicted molar refractivity (Wildman–Crippen MR) is 82.0 cm³/mol. The lowest BCUT2D eigenvalue weighted by molar-refractivity contribution is -0.121. The van der Waals surface area contributed by atoms with Gasteiger partial charge in [0.2, 0.25) is 5.91 Å². The molecule has 0 spiro atoms. The molecule has 1 heterocycles. The highest BCUT2D eigenvalue weighted by atomic mass is 16.1. The molecule has 1 N–H and O–H groups in total. The Morgan fingerprint density at radius 1 is 1.29 bits per heavy atom. The Balaban J connectivity index is 1.39. The molecule has 1 fully saturated rings. The van der Waals surface area contributed by atoms with Gasteiger partial charge in [-0.2, -0.15) is 0 Å². The number of hydrogen-bond donors (Lipinski definition) is 1. The molecule has 0 atom stereocenters. The Hall–Kier alpha value is -2.10. The average molecular weight is 283 g/mol. The number of hydrogen-bond acceptors (Lipinski definition) is 2. The van der Waals surface area contributed by atoms with Crippen molar-refractivity contribution in [3.05, 3.63) is 54.1 Å². The summed E-state index contributed by atoms with van der Waals surface area (Å²) in [5, 5.41) is 2.99. The number of carbonyl (C=O) groups is 1. The van der Waals surface area contributed by atoms with Gasteiger partial charge in [-0.15, -0.1) is 0 Å². The van der Waals surface area contributed by atoms with E-state index in [2.05, 4.69) is 27.0 Å². The molecular weight excluding hydrogens is 262 g/mol. The molecule has 0 saturated heterocycles. The van der Waals surface area contributed by atoms with E-state index < -0.39 is 0 Å². The molecule has 110 valence electrons. The molecule has 1 aromatic carbocycles. The van der Waals surface area contributed by atoms with Crippen LogP contribution in [-0.2, 0) is 17.8 Å². The number of amides is 1. The van der Waals surface area contributed by atoms with Gasteiger partial charge in [-0.25, -0.2) is 4.98 Å². The normalized spacial score (nSPS) is 14.1. The molecule has 2 aromatic rings. The molecule has 4 nitrogen and oxygen atoms in total. The van der Waals surface area contributed by atoms with Gasteiger partial charge in [-0.3, -0.25) is 4.79 Å². The molecule has 0 aliphatic heterocycles. The zero-order chi connectivity index (χ0) is 14.5. The van der Waals surface area contributed by atoms with Crippen molar-refractivity contribution in [1.29, 1.82) is 0 Å². The first-order valence-electron chi connectivity index (χ1n) is 7.64. The predicted octanol–water partition coefficient (Wildman–Crippen LogP) is 2.51. The van der Waals surface area contributed by atoms with E-state index in [-0.39, 0.29) is 5.91 Å². The Kier molecular flexibility index (Phi) is 4.34. The van der Waals surface area contributed by atoms with Crippen LogP contribution in [0, 0.1) is 0 Å². The fourth-order valence-electron chi connectivity index (χ4n) is 2.52. The van der Waals surface area contributed by atoms with Crippen LogP contribution in [0.15, 0.2) is 42.7 Å². The molecule has 3 rings (SSSR count). The quantitative estimate of drug-likeness (QED) is 0.848. The van der Waals surface area contributed by atoms with Crippen molar-refractivity contribution in [2.45, 2.75) is 38.1 Å². The van der Waals surface area contributed by atoms with Gasteiger partial charge in [0.15, 0.2) is 0 Å². The number of carbonyl (C=O) groups excluding carboxylic acids is 1. The van der Waals surface area contributed by atoms with E-state index in [1.807, 2.05) is 30.6 Å². The summed E-state index contributed by atoms with van der Waals surface area (Å²) in [5.74, 6) is 1.94. The average Bonchev–Trinajstić information content (AvgIpc) is 3.26. The van der Waals surface area contributed by atoms with E-state index in [0.29, 0.717) is 18.9 Å². The second kappa shape index (κ2) is 6.57. The summed E-state index contributed by atoms with van der Waals surface area (Å²) < 4.78 is 2.16. The molecule has 0 bridgehead atoms. The number of aryl methyl sites for hydroxylation is 1. The minimum atomic E-state index is 0.118. The third-order valence-corrected chi connectivity index (χ3v) is 3.85. The second-order valence-corrected chi connectivity index (χ2v) is 5.59. The van der Waals surface area contributed by atoms with Gasteiger partial charge in [-0.1, -0.05) is 30.3 Å². The Bertz CT molecular complexity index is 587. The van der Waals surface area contributed by atoms with Crippen molar-refractivity contribution in [2.24, 2.45) is 0 Å². The number of nitrogens with one attached hydrogen (secondary N) is 1. The van der Waals surface area contributed by atoms with Crippen molar-refractivity contribution in [3.8, 4) is 0 Å². The summed E-state index contributed by atoms with van der Waals surface area (Å²) in [6, 6.07) is 10.1. The summed E-state index contributed by atoms with van der Waals surface area (Å²) in [7, 11) is 0. The fraction of sp³-hybridized carbons (Fsp3) is 0.412. The first kappa shape index (κ1) is 13.9. The highest BCUT2D eigenvalue weighted by Crippen LogP contribution is 2.38. The molecular formula is C17H21N3O. The highest BCUT2D eigenvalue weighted by molar-refractivity contribution is 5.76. The summed E-state index contributed by atoms with van der Waals surface area (Å²) in [4.78, 5) is 16.2. The summed E-state index contributed by atoms with van der Waals surface area (Å²) >= 11 is 0. The molecule has 1 amide bonds. The molecule has 4 heteroatoms. The Morgan fingerprint density at radius 3 is 2.86 bits per heavy atom. The maximum absolute atomic E-state index is 11.8. The van der Waals surface area contributed by atoms with E-state index in [1.54, 1.807) is 0 Å². The fourth-order valence-corrected chi connectivity index (χ4v) is 2.52. The number of imidazole rings is 1. The van der Waals surface area contributed by atoms with Gasteiger partial charge >= 0.3 is 0 Å². The summed E-state index contributed by atoms with van der Waals surface area (Å²) in [6.45, 7) is 1.48. The number of aromatic nitrogens is 2. The molecule has 1 saturated carbocycles. The Morgan fingerprint density at radius 2 is 2.10 bits per heavy atom. The first-order valence-corrected chi connectivity index (χ1v) is 7.64. The maximum Gasteiger partial charge on any atom is 0.220 e. The lowest BCUT2D eigenvalue weighted by atomic mass is 10.1. The van der Waals surface area contributed by atoms with Gasteiger partial charge in [0.25, 0.3) is 0 Å². The largest absolute Gasteiger partial charge is 0.354 e. The lowest BCUT2D eigenvalue weighted by Gasteiger charge is -2.08. The van der Waals surface area contributed by atoms with Crippen molar-refractivity contribution < 1.29 is 4.79 Å². The van der Waals surface area contributed by atoms with E-state index in [1.165, 1.54) is 24.2 Å². The maximum atomic E-state index is 11.8. The van der Waals surface area contributed by atoms with Crippen LogP contribution >= 0.6 is 0 Å². The van der Waals surface area contributed by atoms with Crippen LogP contribution < -0.4 is 5.32 Å². The van der Waals surface area contributed by atoms with Crippen LogP contribution in [-0.4, -0.2) is 22.0 Å². The smallest absolute Gasteiger partial charge is 0.220 e. The summed E-state index contributed by atoms with van der Waals surface area (Å²) in [6.07, 6.45) is 7.70. The van der Waals surface area contributed by atoms with Gasteiger partial charge in [0.05, 0.1) is 0 Å². The van der Waals surface area contributed by atoms with E-state index in [4.69, 9.17) is 0 Å². The minimum Gasteiger partial charge on any atom is -0.354 e.